The maximum absolute atomic E-state index is 11.7. The van der Waals surface area contributed by atoms with E-state index in [2.05, 4.69) is 39.9 Å². The molecule has 0 atom stereocenters. The standard InChI is InChI=1S/C28H33N3O5S/c1-36-24-8-3-2-7-21(24)13-16-29-14-11-19-5-4-6-20(17-19)12-15-30-18-28(34,35)22-9-10-23(32)25-26(22)37-27(33)31-25/h2-10,17,29-30,32,34-35H,11-16,18H2,1H3,(H,31,33). The van der Waals surface area contributed by atoms with Gasteiger partial charge in [0.05, 0.1) is 18.4 Å². The van der Waals surface area contributed by atoms with Crippen LogP contribution in [0.3, 0.4) is 0 Å². The molecule has 0 saturated heterocycles. The molecule has 1 aromatic heterocycles. The van der Waals surface area contributed by atoms with Gasteiger partial charge in [-0.2, -0.15) is 0 Å². The van der Waals surface area contributed by atoms with Gasteiger partial charge in [0.1, 0.15) is 17.0 Å². The summed E-state index contributed by atoms with van der Waals surface area (Å²) in [6, 6.07) is 19.2. The first-order chi connectivity index (χ1) is 17.9. The third kappa shape index (κ3) is 6.97. The van der Waals surface area contributed by atoms with Crippen LogP contribution >= 0.6 is 11.3 Å². The molecule has 1 heterocycles. The number of thiazole rings is 1. The van der Waals surface area contributed by atoms with Gasteiger partial charge in [0, 0.05) is 5.56 Å². The Kier molecular flexibility index (Phi) is 8.96. The Morgan fingerprint density at radius 3 is 2.38 bits per heavy atom. The maximum Gasteiger partial charge on any atom is 0.305 e. The Bertz CT molecular complexity index is 1380. The number of benzene rings is 3. The first kappa shape index (κ1) is 26.8. The van der Waals surface area contributed by atoms with Crippen molar-refractivity contribution in [2.24, 2.45) is 0 Å². The summed E-state index contributed by atoms with van der Waals surface area (Å²) in [6.45, 7) is 2.19. The molecule has 6 N–H and O–H groups in total. The van der Waals surface area contributed by atoms with Crippen LogP contribution in [0.5, 0.6) is 11.5 Å². The molecular formula is C28H33N3O5S. The van der Waals surface area contributed by atoms with Crippen molar-refractivity contribution < 1.29 is 20.1 Å². The van der Waals surface area contributed by atoms with Crippen LogP contribution in [0.15, 0.2) is 65.5 Å². The highest BCUT2D eigenvalue weighted by molar-refractivity contribution is 7.16. The van der Waals surface area contributed by atoms with Gasteiger partial charge in [-0.15, -0.1) is 0 Å². The number of phenols is 1. The highest BCUT2D eigenvalue weighted by atomic mass is 32.1. The highest BCUT2D eigenvalue weighted by Crippen LogP contribution is 2.32. The number of rotatable bonds is 13. The van der Waals surface area contributed by atoms with E-state index in [0.29, 0.717) is 11.2 Å². The lowest BCUT2D eigenvalue weighted by Gasteiger charge is -2.23. The Morgan fingerprint density at radius 1 is 0.919 bits per heavy atom. The first-order valence-corrected chi connectivity index (χ1v) is 13.1. The lowest BCUT2D eigenvalue weighted by atomic mass is 10.0. The number of phenolic OH excluding ortho intramolecular Hbond substituents is 1. The zero-order chi connectivity index (χ0) is 26.3. The van der Waals surface area contributed by atoms with Gasteiger partial charge in [-0.3, -0.25) is 4.79 Å². The highest BCUT2D eigenvalue weighted by Gasteiger charge is 2.29. The topological polar surface area (TPSA) is 127 Å². The molecule has 9 heteroatoms. The van der Waals surface area contributed by atoms with Gasteiger partial charge in [0.2, 0.25) is 5.79 Å². The number of aliphatic hydroxyl groups is 2. The van der Waals surface area contributed by atoms with Crippen molar-refractivity contribution in [1.82, 2.24) is 15.6 Å². The number of ether oxygens (including phenoxy) is 1. The summed E-state index contributed by atoms with van der Waals surface area (Å²) in [5, 5.41) is 37.8. The number of H-pyrrole nitrogens is 1. The van der Waals surface area contributed by atoms with Gasteiger partial charge in [0.25, 0.3) is 0 Å². The molecule has 0 bridgehead atoms. The smallest absolute Gasteiger partial charge is 0.305 e. The molecule has 3 aromatic carbocycles. The summed E-state index contributed by atoms with van der Waals surface area (Å²) >= 11 is 0.838. The average Bonchev–Trinajstić information content (AvgIpc) is 3.29. The van der Waals surface area contributed by atoms with Gasteiger partial charge in [0.15, 0.2) is 0 Å². The molecule has 4 rings (SSSR count). The number of nitrogens with one attached hydrogen (secondary N) is 3. The molecule has 0 aliphatic carbocycles. The van der Waals surface area contributed by atoms with E-state index >= 15 is 0 Å². The predicted molar refractivity (Wildman–Crippen MR) is 147 cm³/mol. The van der Waals surface area contributed by atoms with Gasteiger partial charge in [-0.1, -0.05) is 53.8 Å². The number of fused-ring (bicyclic) bond motifs is 1. The molecule has 0 saturated carbocycles. The van der Waals surface area contributed by atoms with E-state index in [0.717, 1.165) is 55.0 Å². The molecular weight excluding hydrogens is 490 g/mol. The van der Waals surface area contributed by atoms with E-state index in [-0.39, 0.29) is 28.2 Å². The Hall–Kier alpha value is -3.21. The van der Waals surface area contributed by atoms with E-state index in [1.165, 1.54) is 23.3 Å². The summed E-state index contributed by atoms with van der Waals surface area (Å²) in [6.07, 6.45) is 2.55. The fourth-order valence-corrected chi connectivity index (χ4v) is 5.29. The van der Waals surface area contributed by atoms with Crippen molar-refractivity contribution in [2.75, 3.05) is 33.3 Å². The monoisotopic (exact) mass is 523 g/mol. The van der Waals surface area contributed by atoms with Crippen LogP contribution in [0.2, 0.25) is 0 Å². The van der Waals surface area contributed by atoms with E-state index in [1.807, 2.05) is 24.3 Å². The van der Waals surface area contributed by atoms with Crippen molar-refractivity contribution in [3.63, 3.8) is 0 Å². The Morgan fingerprint density at radius 2 is 1.62 bits per heavy atom. The van der Waals surface area contributed by atoms with E-state index in [9.17, 15) is 20.1 Å². The minimum atomic E-state index is -2.19. The van der Waals surface area contributed by atoms with Crippen LogP contribution in [0, 0.1) is 0 Å². The number of hydrogen-bond donors (Lipinski definition) is 6. The fraction of sp³-hybridized carbons (Fsp3) is 0.321. The molecule has 0 radical (unpaired) electrons. The second-order valence-corrected chi connectivity index (χ2v) is 9.96. The largest absolute Gasteiger partial charge is 0.506 e. The molecule has 0 aliphatic heterocycles. The molecule has 0 fully saturated rings. The SMILES string of the molecule is COc1ccccc1CCNCCc1cccc(CCNCC(O)(O)c2ccc(O)c3[nH]c(=O)sc23)c1. The molecule has 0 aliphatic rings. The number of methoxy groups -OCH3 is 1. The molecule has 0 unspecified atom stereocenters. The third-order valence-corrected chi connectivity index (χ3v) is 7.21. The maximum atomic E-state index is 11.7. The minimum absolute atomic E-state index is 0.104. The normalized spacial score (nSPS) is 11.8. The first-order valence-electron chi connectivity index (χ1n) is 12.3. The van der Waals surface area contributed by atoms with E-state index in [1.54, 1.807) is 7.11 Å². The van der Waals surface area contributed by atoms with Gasteiger partial charge < -0.3 is 35.7 Å². The van der Waals surface area contributed by atoms with E-state index in [4.69, 9.17) is 4.74 Å². The van der Waals surface area contributed by atoms with Crippen molar-refractivity contribution in [1.29, 1.82) is 0 Å². The number of hydrogen-bond acceptors (Lipinski definition) is 8. The number of para-hydroxylation sites is 1. The summed E-state index contributed by atoms with van der Waals surface area (Å²) in [7, 11) is 1.69. The fourth-order valence-electron chi connectivity index (χ4n) is 4.36. The lowest BCUT2D eigenvalue weighted by Crippen LogP contribution is -2.38. The number of aromatic nitrogens is 1. The average molecular weight is 524 g/mol. The summed E-state index contributed by atoms with van der Waals surface area (Å²) in [5.41, 5.74) is 3.99. The lowest BCUT2D eigenvalue weighted by molar-refractivity contribution is -0.164. The van der Waals surface area contributed by atoms with Crippen LogP contribution < -0.4 is 20.2 Å². The zero-order valence-corrected chi connectivity index (χ0v) is 21.6. The summed E-state index contributed by atoms with van der Waals surface area (Å²) < 4.78 is 5.74. The van der Waals surface area contributed by atoms with Crippen molar-refractivity contribution >= 4 is 21.6 Å². The Balaban J connectivity index is 1.22. The quantitative estimate of drug-likeness (QED) is 0.118. The molecule has 37 heavy (non-hydrogen) atoms. The van der Waals surface area contributed by atoms with Crippen LogP contribution in [0.1, 0.15) is 22.3 Å². The molecule has 0 amide bonds. The summed E-state index contributed by atoms with van der Waals surface area (Å²) in [4.78, 5) is 13.9. The van der Waals surface area contributed by atoms with Crippen LogP contribution in [0.25, 0.3) is 10.2 Å². The minimum Gasteiger partial charge on any atom is -0.506 e. The van der Waals surface area contributed by atoms with Crippen LogP contribution in [-0.4, -0.2) is 53.6 Å². The van der Waals surface area contributed by atoms with Crippen LogP contribution in [-0.2, 0) is 25.0 Å². The van der Waals surface area contributed by atoms with E-state index < -0.39 is 5.79 Å². The zero-order valence-electron chi connectivity index (χ0n) is 20.8. The second kappa shape index (κ2) is 12.4. The predicted octanol–water partition coefficient (Wildman–Crippen LogP) is 2.65. The third-order valence-electron chi connectivity index (χ3n) is 6.30. The van der Waals surface area contributed by atoms with Gasteiger partial charge >= 0.3 is 4.87 Å². The molecule has 196 valence electrons. The van der Waals surface area contributed by atoms with Gasteiger partial charge in [-0.05, 0) is 73.8 Å². The van der Waals surface area contributed by atoms with Crippen LogP contribution in [0.4, 0.5) is 0 Å². The van der Waals surface area contributed by atoms with Crippen molar-refractivity contribution in [3.8, 4) is 11.5 Å². The molecule has 8 nitrogen and oxygen atoms in total. The molecule has 4 aromatic rings. The molecule has 0 spiro atoms. The Labute approximate surface area is 219 Å². The van der Waals surface area contributed by atoms with Crippen molar-refractivity contribution in [3.05, 3.63) is 92.6 Å². The number of aromatic hydroxyl groups is 1. The van der Waals surface area contributed by atoms with Gasteiger partial charge in [-0.25, -0.2) is 0 Å². The summed E-state index contributed by atoms with van der Waals surface area (Å²) in [5.74, 6) is -1.37. The van der Waals surface area contributed by atoms with Crippen molar-refractivity contribution in [2.45, 2.75) is 25.0 Å². The second-order valence-electron chi connectivity index (χ2n) is 8.98. The number of aromatic amines is 1.